The summed E-state index contributed by atoms with van der Waals surface area (Å²) in [6.45, 7) is 4.14. The summed E-state index contributed by atoms with van der Waals surface area (Å²) in [4.78, 5) is 22.8. The Hall–Kier alpha value is -4.38. The molecule has 12 heteroatoms. The van der Waals surface area contributed by atoms with Gasteiger partial charge in [-0.05, 0) is 37.6 Å². The highest BCUT2D eigenvalue weighted by molar-refractivity contribution is 6.32. The predicted octanol–water partition coefficient (Wildman–Crippen LogP) is 4.58. The van der Waals surface area contributed by atoms with Crippen LogP contribution < -0.4 is 14.8 Å². The summed E-state index contributed by atoms with van der Waals surface area (Å²) in [6, 6.07) is 11.3. The first-order valence-corrected chi connectivity index (χ1v) is 10.8. The first kappa shape index (κ1) is 23.8. The lowest BCUT2D eigenvalue weighted by molar-refractivity contribution is -0.384. The summed E-state index contributed by atoms with van der Waals surface area (Å²) in [7, 11) is 0. The van der Waals surface area contributed by atoms with E-state index in [1.54, 1.807) is 17.1 Å². The number of halogens is 1. The second-order valence-corrected chi connectivity index (χ2v) is 8.06. The number of non-ortho nitro benzene ring substituents is 1. The van der Waals surface area contributed by atoms with E-state index in [-0.39, 0.29) is 35.6 Å². The fourth-order valence-electron chi connectivity index (χ4n) is 3.20. The third-order valence-electron chi connectivity index (χ3n) is 4.93. The van der Waals surface area contributed by atoms with Crippen LogP contribution in [0.2, 0.25) is 5.02 Å². The molecule has 4 aromatic rings. The summed E-state index contributed by atoms with van der Waals surface area (Å²) in [5, 5.41) is 22.0. The molecular weight excluding hydrogens is 476 g/mol. The molecule has 0 unspecified atom stereocenters. The first-order valence-electron chi connectivity index (χ1n) is 10.4. The lowest BCUT2D eigenvalue weighted by atomic mass is 10.1. The number of ether oxygens (including phenoxy) is 2. The van der Waals surface area contributed by atoms with E-state index in [0.29, 0.717) is 5.69 Å². The number of amides is 1. The largest absolute Gasteiger partial charge is 0.471 e. The van der Waals surface area contributed by atoms with Crippen molar-refractivity contribution < 1.29 is 19.2 Å². The Balaban J connectivity index is 1.30. The van der Waals surface area contributed by atoms with Gasteiger partial charge in [0.15, 0.2) is 19.2 Å². The topological polar surface area (TPSA) is 126 Å². The molecule has 11 nitrogen and oxygen atoms in total. The molecule has 0 saturated heterocycles. The van der Waals surface area contributed by atoms with Crippen LogP contribution >= 0.6 is 11.6 Å². The predicted molar refractivity (Wildman–Crippen MR) is 128 cm³/mol. The molecule has 0 saturated carbocycles. The van der Waals surface area contributed by atoms with Crippen LogP contribution in [0.15, 0.2) is 61.1 Å². The average molecular weight is 497 g/mol. The van der Waals surface area contributed by atoms with Gasteiger partial charge in [-0.1, -0.05) is 29.3 Å². The minimum absolute atomic E-state index is 0.0431. The van der Waals surface area contributed by atoms with E-state index in [9.17, 15) is 14.9 Å². The Labute approximate surface area is 205 Å². The Kier molecular flexibility index (Phi) is 6.97. The van der Waals surface area contributed by atoms with Crippen molar-refractivity contribution in [3.63, 3.8) is 0 Å². The number of hydrogen-bond donors (Lipinski definition) is 1. The van der Waals surface area contributed by atoms with Gasteiger partial charge in [0.2, 0.25) is 0 Å². The molecular formula is C23H21ClN6O5. The summed E-state index contributed by atoms with van der Waals surface area (Å²) in [5.74, 6) is 0.598. The van der Waals surface area contributed by atoms with Crippen LogP contribution in [-0.2, 0) is 13.5 Å². The monoisotopic (exact) mass is 496 g/mol. The van der Waals surface area contributed by atoms with Crippen LogP contribution in [0, 0.1) is 24.0 Å². The van der Waals surface area contributed by atoms with Gasteiger partial charge in [0.05, 0.1) is 28.0 Å². The van der Waals surface area contributed by atoms with Crippen LogP contribution in [0.25, 0.3) is 0 Å². The van der Waals surface area contributed by atoms with Crippen molar-refractivity contribution in [2.75, 3.05) is 5.32 Å². The Morgan fingerprint density at radius 1 is 1.09 bits per heavy atom. The van der Waals surface area contributed by atoms with E-state index in [2.05, 4.69) is 15.5 Å². The SMILES string of the molecule is Cc1ccc(OCn2cc(NC(=O)c3ccn(COc4ccc([N+](=O)[O-])cc4Cl)n3)cn2)c(C)c1. The number of nitrogens with one attached hydrogen (secondary N) is 1. The molecule has 4 rings (SSSR count). The van der Waals surface area contributed by atoms with E-state index in [4.69, 9.17) is 21.1 Å². The molecule has 180 valence electrons. The summed E-state index contributed by atoms with van der Waals surface area (Å²) < 4.78 is 14.3. The minimum Gasteiger partial charge on any atom is -0.471 e. The van der Waals surface area contributed by atoms with Gasteiger partial charge in [-0.3, -0.25) is 14.9 Å². The summed E-state index contributed by atoms with van der Waals surface area (Å²) >= 11 is 6.02. The second-order valence-electron chi connectivity index (χ2n) is 7.65. The number of anilines is 1. The highest BCUT2D eigenvalue weighted by Crippen LogP contribution is 2.28. The van der Waals surface area contributed by atoms with Gasteiger partial charge in [0, 0.05) is 18.3 Å². The van der Waals surface area contributed by atoms with Gasteiger partial charge in [0.25, 0.3) is 11.6 Å². The third-order valence-corrected chi connectivity index (χ3v) is 5.22. The Bertz CT molecular complexity index is 1380. The van der Waals surface area contributed by atoms with Gasteiger partial charge in [0.1, 0.15) is 11.5 Å². The fourth-order valence-corrected chi connectivity index (χ4v) is 3.43. The molecule has 0 fully saturated rings. The molecule has 0 radical (unpaired) electrons. The number of carbonyl (C=O) groups excluding carboxylic acids is 1. The smallest absolute Gasteiger partial charge is 0.276 e. The van der Waals surface area contributed by atoms with Crippen molar-refractivity contribution in [1.29, 1.82) is 0 Å². The zero-order valence-corrected chi connectivity index (χ0v) is 19.6. The highest BCUT2D eigenvalue weighted by atomic mass is 35.5. The third kappa shape index (κ3) is 5.95. The quantitative estimate of drug-likeness (QED) is 0.265. The van der Waals surface area contributed by atoms with Gasteiger partial charge in [-0.2, -0.15) is 10.2 Å². The maximum Gasteiger partial charge on any atom is 0.276 e. The Morgan fingerprint density at radius 2 is 1.83 bits per heavy atom. The number of nitrogens with zero attached hydrogens (tertiary/aromatic N) is 5. The number of rotatable bonds is 9. The number of carbonyl (C=O) groups is 1. The highest BCUT2D eigenvalue weighted by Gasteiger charge is 2.13. The van der Waals surface area contributed by atoms with Crippen LogP contribution in [0.5, 0.6) is 11.5 Å². The van der Waals surface area contributed by atoms with Crippen molar-refractivity contribution in [1.82, 2.24) is 19.6 Å². The van der Waals surface area contributed by atoms with E-state index in [0.717, 1.165) is 16.9 Å². The maximum absolute atomic E-state index is 12.5. The average Bonchev–Trinajstić information content (AvgIpc) is 3.47. The number of nitro groups is 1. The van der Waals surface area contributed by atoms with E-state index < -0.39 is 10.8 Å². The molecule has 0 aliphatic rings. The molecule has 1 amide bonds. The molecule has 0 atom stereocenters. The minimum atomic E-state index is -0.546. The van der Waals surface area contributed by atoms with Gasteiger partial charge in [-0.15, -0.1) is 0 Å². The number of aromatic nitrogens is 4. The van der Waals surface area contributed by atoms with Crippen LogP contribution in [0.3, 0.4) is 0 Å². The normalized spacial score (nSPS) is 10.7. The molecule has 0 bridgehead atoms. The van der Waals surface area contributed by atoms with Crippen molar-refractivity contribution in [2.45, 2.75) is 27.3 Å². The number of hydrogen-bond acceptors (Lipinski definition) is 7. The van der Waals surface area contributed by atoms with E-state index in [1.165, 1.54) is 35.1 Å². The van der Waals surface area contributed by atoms with Crippen molar-refractivity contribution >= 4 is 28.9 Å². The molecule has 0 aliphatic carbocycles. The second kappa shape index (κ2) is 10.3. The molecule has 0 spiro atoms. The fraction of sp³-hybridized carbons (Fsp3) is 0.174. The Morgan fingerprint density at radius 3 is 2.57 bits per heavy atom. The van der Waals surface area contributed by atoms with Gasteiger partial charge < -0.3 is 14.8 Å². The number of benzene rings is 2. The van der Waals surface area contributed by atoms with E-state index >= 15 is 0 Å². The van der Waals surface area contributed by atoms with Crippen molar-refractivity contribution in [3.05, 3.63) is 93.0 Å². The standard InChI is InChI=1S/C23H21ClN6O5/c1-15-3-5-21(16(2)9-15)34-14-29-12-17(11-25-29)26-23(31)20-7-8-28(27-20)13-35-22-6-4-18(30(32)33)10-19(22)24/h3-12H,13-14H2,1-2H3,(H,26,31). The zero-order chi connectivity index (χ0) is 24.9. The zero-order valence-electron chi connectivity index (χ0n) is 18.8. The van der Waals surface area contributed by atoms with E-state index in [1.807, 2.05) is 32.0 Å². The molecule has 2 aromatic heterocycles. The summed E-state index contributed by atoms with van der Waals surface area (Å²) in [6.07, 6.45) is 4.73. The van der Waals surface area contributed by atoms with Crippen LogP contribution in [0.1, 0.15) is 21.6 Å². The molecule has 1 N–H and O–H groups in total. The molecule has 35 heavy (non-hydrogen) atoms. The molecule has 0 aliphatic heterocycles. The molecule has 2 heterocycles. The van der Waals surface area contributed by atoms with Crippen molar-refractivity contribution in [2.24, 2.45) is 0 Å². The number of nitro benzene ring substituents is 1. The van der Waals surface area contributed by atoms with Gasteiger partial charge in [-0.25, -0.2) is 9.36 Å². The molecule has 2 aromatic carbocycles. The van der Waals surface area contributed by atoms with Gasteiger partial charge >= 0.3 is 0 Å². The van der Waals surface area contributed by atoms with Crippen molar-refractivity contribution in [3.8, 4) is 11.5 Å². The lowest BCUT2D eigenvalue weighted by Crippen LogP contribution is -2.14. The lowest BCUT2D eigenvalue weighted by Gasteiger charge is -2.09. The van der Waals surface area contributed by atoms with Crippen LogP contribution in [-0.4, -0.2) is 30.4 Å². The number of aryl methyl sites for hydroxylation is 2. The van der Waals surface area contributed by atoms with Crippen LogP contribution in [0.4, 0.5) is 11.4 Å². The first-order chi connectivity index (χ1) is 16.8. The maximum atomic E-state index is 12.5. The summed E-state index contributed by atoms with van der Waals surface area (Å²) in [5.41, 5.74) is 2.70.